The molecule has 2 heterocycles. The van der Waals surface area contributed by atoms with Gasteiger partial charge in [0, 0.05) is 29.7 Å². The van der Waals surface area contributed by atoms with Gasteiger partial charge in [-0.25, -0.2) is 4.79 Å². The van der Waals surface area contributed by atoms with Gasteiger partial charge in [-0.05, 0) is 51.3 Å². The van der Waals surface area contributed by atoms with Crippen LogP contribution in [0.3, 0.4) is 0 Å². The van der Waals surface area contributed by atoms with Crippen molar-refractivity contribution in [2.45, 2.75) is 45.6 Å². The fourth-order valence-electron chi connectivity index (χ4n) is 4.01. The highest BCUT2D eigenvalue weighted by Gasteiger charge is 2.27. The molecule has 1 saturated heterocycles. The summed E-state index contributed by atoms with van der Waals surface area (Å²) in [6.45, 7) is 7.99. The van der Waals surface area contributed by atoms with Crippen molar-refractivity contribution in [2.75, 3.05) is 19.6 Å². The van der Waals surface area contributed by atoms with Gasteiger partial charge in [-0.1, -0.05) is 31.5 Å². The summed E-state index contributed by atoms with van der Waals surface area (Å²) in [5.41, 5.74) is 1.45. The fourth-order valence-corrected chi connectivity index (χ4v) is 4.01. The minimum Gasteiger partial charge on any atom is -0.478 e. The van der Waals surface area contributed by atoms with Gasteiger partial charge in [0.1, 0.15) is 0 Å². The van der Waals surface area contributed by atoms with E-state index in [-0.39, 0.29) is 0 Å². The molecule has 2 aromatic rings. The van der Waals surface area contributed by atoms with Gasteiger partial charge in [0.15, 0.2) is 0 Å². The molecule has 0 spiro atoms. The Labute approximate surface area is 144 Å². The number of nitrogens with zero attached hydrogens (tertiary/aromatic N) is 2. The number of carboxylic acids is 1. The molecule has 0 amide bonds. The highest BCUT2D eigenvalue weighted by Crippen LogP contribution is 2.32. The molecule has 3 rings (SSSR count). The summed E-state index contributed by atoms with van der Waals surface area (Å²) in [6.07, 6.45) is 6.79. The molecule has 0 aliphatic carbocycles. The van der Waals surface area contributed by atoms with Crippen LogP contribution in [0.5, 0.6) is 0 Å². The molecule has 1 fully saturated rings. The van der Waals surface area contributed by atoms with Crippen molar-refractivity contribution in [3.05, 3.63) is 36.0 Å². The van der Waals surface area contributed by atoms with Crippen molar-refractivity contribution in [3.8, 4) is 0 Å². The molecule has 4 heteroatoms. The van der Waals surface area contributed by atoms with Crippen LogP contribution in [0.4, 0.5) is 0 Å². The van der Waals surface area contributed by atoms with E-state index in [0.29, 0.717) is 17.5 Å². The lowest BCUT2D eigenvalue weighted by Crippen LogP contribution is -2.38. The first-order valence-electron chi connectivity index (χ1n) is 9.17. The van der Waals surface area contributed by atoms with Gasteiger partial charge in [0.2, 0.25) is 0 Å². The zero-order valence-corrected chi connectivity index (χ0v) is 14.7. The van der Waals surface area contributed by atoms with Crippen molar-refractivity contribution in [1.82, 2.24) is 9.47 Å². The molecule has 1 aromatic carbocycles. The van der Waals surface area contributed by atoms with Crippen LogP contribution >= 0.6 is 0 Å². The fraction of sp³-hybridized carbons (Fsp3) is 0.550. The van der Waals surface area contributed by atoms with E-state index in [9.17, 15) is 9.90 Å². The maximum atomic E-state index is 11.6. The number of carboxylic acid groups (broad SMARTS) is 1. The number of aromatic carboxylic acids is 1. The number of para-hydroxylation sites is 1. The molecular weight excluding hydrogens is 300 g/mol. The molecule has 130 valence electrons. The molecule has 1 N–H and O–H groups in total. The Morgan fingerprint density at radius 2 is 2.17 bits per heavy atom. The minimum absolute atomic E-state index is 0.312. The first-order chi connectivity index (χ1) is 11.6. The molecule has 2 atom stereocenters. The minimum atomic E-state index is -0.842. The first kappa shape index (κ1) is 17.0. The van der Waals surface area contributed by atoms with Crippen molar-refractivity contribution in [1.29, 1.82) is 0 Å². The molecule has 1 aliphatic rings. The molecule has 0 saturated carbocycles. The monoisotopic (exact) mass is 328 g/mol. The Morgan fingerprint density at radius 3 is 2.92 bits per heavy atom. The molecule has 1 aliphatic heterocycles. The molecule has 0 radical (unpaired) electrons. The van der Waals surface area contributed by atoms with E-state index in [0.717, 1.165) is 17.4 Å². The molecule has 1 aromatic heterocycles. The summed E-state index contributed by atoms with van der Waals surface area (Å²) in [6, 6.07) is 8.17. The molecule has 0 bridgehead atoms. The number of benzene rings is 1. The van der Waals surface area contributed by atoms with E-state index in [4.69, 9.17) is 0 Å². The summed E-state index contributed by atoms with van der Waals surface area (Å²) in [4.78, 5) is 14.2. The zero-order valence-electron chi connectivity index (χ0n) is 14.7. The van der Waals surface area contributed by atoms with E-state index in [2.05, 4.69) is 23.3 Å². The number of carbonyl (C=O) groups is 1. The summed E-state index contributed by atoms with van der Waals surface area (Å²) >= 11 is 0. The number of likely N-dealkylation sites (tertiary alicyclic amines) is 1. The third-order valence-electron chi connectivity index (χ3n) is 5.46. The summed E-state index contributed by atoms with van der Waals surface area (Å²) in [7, 11) is 0. The van der Waals surface area contributed by atoms with Gasteiger partial charge in [-0.3, -0.25) is 0 Å². The van der Waals surface area contributed by atoms with Crippen LogP contribution < -0.4 is 0 Å². The quantitative estimate of drug-likeness (QED) is 0.854. The zero-order chi connectivity index (χ0) is 17.1. The molecule has 4 nitrogen and oxygen atoms in total. The Morgan fingerprint density at radius 1 is 1.38 bits per heavy atom. The van der Waals surface area contributed by atoms with Crippen molar-refractivity contribution >= 4 is 16.9 Å². The third kappa shape index (κ3) is 3.34. The van der Waals surface area contributed by atoms with Gasteiger partial charge in [0.25, 0.3) is 0 Å². The highest BCUT2D eigenvalue weighted by molar-refractivity contribution is 6.03. The Bertz CT molecular complexity index is 707. The Hall–Kier alpha value is -1.81. The Kier molecular flexibility index (Phi) is 5.24. The van der Waals surface area contributed by atoms with Gasteiger partial charge >= 0.3 is 5.97 Å². The largest absolute Gasteiger partial charge is 0.478 e. The van der Waals surface area contributed by atoms with Gasteiger partial charge in [-0.2, -0.15) is 0 Å². The highest BCUT2D eigenvalue weighted by atomic mass is 16.4. The second-order valence-corrected chi connectivity index (χ2v) is 7.07. The van der Waals surface area contributed by atoms with Crippen molar-refractivity contribution in [2.24, 2.45) is 5.92 Å². The van der Waals surface area contributed by atoms with Gasteiger partial charge < -0.3 is 14.6 Å². The summed E-state index contributed by atoms with van der Waals surface area (Å²) in [5.74, 6) is -0.265. The topological polar surface area (TPSA) is 45.5 Å². The molecular formula is C20H28N2O2. The molecule has 24 heavy (non-hydrogen) atoms. The number of rotatable bonds is 6. The summed E-state index contributed by atoms with van der Waals surface area (Å²) in [5, 5.41) is 10.3. The van der Waals surface area contributed by atoms with Crippen molar-refractivity contribution < 1.29 is 9.90 Å². The van der Waals surface area contributed by atoms with Crippen LogP contribution in [0.1, 0.15) is 55.9 Å². The van der Waals surface area contributed by atoms with E-state index < -0.39 is 5.97 Å². The van der Waals surface area contributed by atoms with Crippen LogP contribution in [0, 0.1) is 5.92 Å². The maximum absolute atomic E-state index is 11.6. The summed E-state index contributed by atoms with van der Waals surface area (Å²) < 4.78 is 2.19. The van der Waals surface area contributed by atoms with Crippen LogP contribution in [0.25, 0.3) is 10.9 Å². The second-order valence-electron chi connectivity index (χ2n) is 7.07. The van der Waals surface area contributed by atoms with Crippen molar-refractivity contribution in [3.63, 3.8) is 0 Å². The Balaban J connectivity index is 1.85. The lowest BCUT2D eigenvalue weighted by Gasteiger charge is -2.36. The van der Waals surface area contributed by atoms with Crippen LogP contribution in [0.2, 0.25) is 0 Å². The predicted molar refractivity (Wildman–Crippen MR) is 97.7 cm³/mol. The maximum Gasteiger partial charge on any atom is 0.337 e. The number of piperidine rings is 1. The van der Waals surface area contributed by atoms with Crippen LogP contribution in [-0.4, -0.2) is 40.2 Å². The average Bonchev–Trinajstić information content (AvgIpc) is 2.99. The lowest BCUT2D eigenvalue weighted by atomic mass is 9.91. The third-order valence-corrected chi connectivity index (χ3v) is 5.46. The lowest BCUT2D eigenvalue weighted by molar-refractivity contribution is 0.0698. The van der Waals surface area contributed by atoms with Gasteiger partial charge in [-0.15, -0.1) is 0 Å². The number of fused-ring (bicyclic) bond motifs is 1. The normalized spacial score (nSPS) is 20.3. The number of unbranched alkanes of at least 4 members (excludes halogenated alkanes) is 1. The predicted octanol–water partition coefficient (Wildman–Crippen LogP) is 4.41. The van der Waals surface area contributed by atoms with Gasteiger partial charge in [0.05, 0.1) is 5.56 Å². The SMILES string of the molecule is CCCCN1CCCC(C(C)n2cc(C(=O)O)c3ccccc32)C1. The number of aromatic nitrogens is 1. The second kappa shape index (κ2) is 7.39. The number of hydrogen-bond acceptors (Lipinski definition) is 2. The van der Waals surface area contributed by atoms with E-state index in [1.807, 2.05) is 30.5 Å². The molecule has 2 unspecified atom stereocenters. The van der Waals surface area contributed by atoms with E-state index in [1.165, 1.54) is 38.8 Å². The van der Waals surface area contributed by atoms with E-state index >= 15 is 0 Å². The first-order valence-corrected chi connectivity index (χ1v) is 9.17. The smallest absolute Gasteiger partial charge is 0.337 e. The van der Waals surface area contributed by atoms with E-state index in [1.54, 1.807) is 0 Å². The average molecular weight is 328 g/mol. The van der Waals surface area contributed by atoms with Crippen LogP contribution in [0.15, 0.2) is 30.5 Å². The number of hydrogen-bond donors (Lipinski definition) is 1. The standard InChI is InChI=1S/C20H28N2O2/c1-3-4-11-21-12-7-8-16(13-21)15(2)22-14-18(20(23)24)17-9-5-6-10-19(17)22/h5-6,9-10,14-16H,3-4,7-8,11-13H2,1-2H3,(H,23,24). The van der Waals surface area contributed by atoms with Crippen LogP contribution in [-0.2, 0) is 0 Å².